The molecule has 128 valence electrons. The summed E-state index contributed by atoms with van der Waals surface area (Å²) in [7, 11) is 0. The van der Waals surface area contributed by atoms with Crippen LogP contribution in [0.15, 0.2) is 55.1 Å². The summed E-state index contributed by atoms with van der Waals surface area (Å²) in [5.41, 5.74) is 3.90. The largest absolute Gasteiger partial charge is 0.493 e. The van der Waals surface area contributed by atoms with E-state index in [-0.39, 0.29) is 12.3 Å². The van der Waals surface area contributed by atoms with Crippen molar-refractivity contribution in [3.05, 3.63) is 66.2 Å². The molecule has 2 aromatic carbocycles. The maximum atomic E-state index is 12.0. The number of aryl methyl sites for hydroxylation is 1. The quantitative estimate of drug-likeness (QED) is 0.750. The fourth-order valence-corrected chi connectivity index (χ4v) is 2.40. The molecule has 1 amide bonds. The van der Waals surface area contributed by atoms with E-state index < -0.39 is 0 Å². The molecule has 0 spiro atoms. The maximum absolute atomic E-state index is 12.0. The van der Waals surface area contributed by atoms with Gasteiger partial charge in [-0.1, -0.05) is 12.1 Å². The van der Waals surface area contributed by atoms with E-state index in [2.05, 4.69) is 15.4 Å². The van der Waals surface area contributed by atoms with Gasteiger partial charge in [0, 0.05) is 5.69 Å². The SMILES string of the molecule is Cc1cccc(OCCC(=O)Nc2ccc(-n3cncn3)cc2)c1C. The smallest absolute Gasteiger partial charge is 0.227 e. The zero-order valence-electron chi connectivity index (χ0n) is 14.3. The fraction of sp³-hybridized carbons (Fsp3) is 0.211. The lowest BCUT2D eigenvalue weighted by atomic mass is 10.1. The van der Waals surface area contributed by atoms with Crippen molar-refractivity contribution in [2.75, 3.05) is 11.9 Å². The van der Waals surface area contributed by atoms with E-state index in [4.69, 9.17) is 4.74 Å². The number of rotatable bonds is 6. The number of carbonyl (C=O) groups excluding carboxylic acids is 1. The lowest BCUT2D eigenvalue weighted by molar-refractivity contribution is -0.116. The topological polar surface area (TPSA) is 69.0 Å². The van der Waals surface area contributed by atoms with Gasteiger partial charge in [-0.25, -0.2) is 9.67 Å². The third-order valence-corrected chi connectivity index (χ3v) is 3.98. The molecular formula is C19H20N4O2. The maximum Gasteiger partial charge on any atom is 0.227 e. The van der Waals surface area contributed by atoms with E-state index in [0.717, 1.165) is 22.7 Å². The van der Waals surface area contributed by atoms with Gasteiger partial charge in [0.05, 0.1) is 18.7 Å². The number of hydrogen-bond donors (Lipinski definition) is 1. The Hall–Kier alpha value is -3.15. The van der Waals surface area contributed by atoms with Crippen LogP contribution in [-0.2, 0) is 4.79 Å². The molecule has 0 radical (unpaired) electrons. The molecule has 6 nitrogen and oxygen atoms in total. The second-order valence-corrected chi connectivity index (χ2v) is 5.73. The highest BCUT2D eigenvalue weighted by molar-refractivity contribution is 5.90. The van der Waals surface area contributed by atoms with E-state index in [1.54, 1.807) is 11.0 Å². The van der Waals surface area contributed by atoms with Crippen LogP contribution in [0.1, 0.15) is 17.5 Å². The van der Waals surface area contributed by atoms with E-state index in [1.807, 2.05) is 56.3 Å². The van der Waals surface area contributed by atoms with Gasteiger partial charge in [-0.15, -0.1) is 0 Å². The molecule has 0 bridgehead atoms. The second kappa shape index (κ2) is 7.61. The Bertz CT molecular complexity index is 842. The first-order valence-corrected chi connectivity index (χ1v) is 8.07. The fourth-order valence-electron chi connectivity index (χ4n) is 2.40. The highest BCUT2D eigenvalue weighted by Gasteiger charge is 2.06. The molecule has 1 heterocycles. The summed E-state index contributed by atoms with van der Waals surface area (Å²) < 4.78 is 7.37. The van der Waals surface area contributed by atoms with Crippen LogP contribution in [0.5, 0.6) is 5.75 Å². The molecule has 0 saturated heterocycles. The van der Waals surface area contributed by atoms with E-state index in [9.17, 15) is 4.79 Å². The van der Waals surface area contributed by atoms with Crippen molar-refractivity contribution in [1.29, 1.82) is 0 Å². The van der Waals surface area contributed by atoms with Crippen LogP contribution in [0.4, 0.5) is 5.69 Å². The molecule has 1 aromatic heterocycles. The first-order valence-electron chi connectivity index (χ1n) is 8.07. The van der Waals surface area contributed by atoms with Gasteiger partial charge in [-0.3, -0.25) is 4.79 Å². The molecule has 3 rings (SSSR count). The summed E-state index contributed by atoms with van der Waals surface area (Å²) in [4.78, 5) is 16.0. The highest BCUT2D eigenvalue weighted by Crippen LogP contribution is 2.20. The molecule has 6 heteroatoms. The van der Waals surface area contributed by atoms with Gasteiger partial charge >= 0.3 is 0 Å². The number of nitrogens with zero attached hydrogens (tertiary/aromatic N) is 3. The Morgan fingerprint density at radius 1 is 1.16 bits per heavy atom. The van der Waals surface area contributed by atoms with E-state index in [0.29, 0.717) is 6.61 Å². The normalized spacial score (nSPS) is 10.5. The van der Waals surface area contributed by atoms with Gasteiger partial charge in [0.25, 0.3) is 0 Å². The summed E-state index contributed by atoms with van der Waals surface area (Å²) in [5, 5.41) is 6.92. The van der Waals surface area contributed by atoms with Gasteiger partial charge in [0.2, 0.25) is 5.91 Å². The lowest BCUT2D eigenvalue weighted by Gasteiger charge is -2.11. The molecule has 0 unspecified atom stereocenters. The van der Waals surface area contributed by atoms with Crippen LogP contribution in [0.3, 0.4) is 0 Å². The van der Waals surface area contributed by atoms with Crippen molar-refractivity contribution in [1.82, 2.24) is 14.8 Å². The summed E-state index contributed by atoms with van der Waals surface area (Å²) in [6, 6.07) is 13.3. The Balaban J connectivity index is 1.50. The molecule has 0 aliphatic rings. The summed E-state index contributed by atoms with van der Waals surface area (Å²) in [6.45, 7) is 4.40. The van der Waals surface area contributed by atoms with Crippen molar-refractivity contribution in [2.24, 2.45) is 0 Å². The van der Waals surface area contributed by atoms with Crippen LogP contribution in [0.25, 0.3) is 5.69 Å². The van der Waals surface area contributed by atoms with Gasteiger partial charge in [0.15, 0.2) is 0 Å². The summed E-state index contributed by atoms with van der Waals surface area (Å²) in [5.74, 6) is 0.740. The van der Waals surface area contributed by atoms with Crippen LogP contribution in [0.2, 0.25) is 0 Å². The molecule has 25 heavy (non-hydrogen) atoms. The van der Waals surface area contributed by atoms with Crippen molar-refractivity contribution < 1.29 is 9.53 Å². The molecular weight excluding hydrogens is 316 g/mol. The zero-order chi connectivity index (χ0) is 17.6. The average molecular weight is 336 g/mol. The highest BCUT2D eigenvalue weighted by atomic mass is 16.5. The third kappa shape index (κ3) is 4.23. The third-order valence-electron chi connectivity index (χ3n) is 3.98. The molecule has 0 atom stereocenters. The zero-order valence-corrected chi connectivity index (χ0v) is 14.3. The molecule has 3 aromatic rings. The number of hydrogen-bond acceptors (Lipinski definition) is 4. The number of benzene rings is 2. The van der Waals surface area contributed by atoms with E-state index in [1.165, 1.54) is 11.9 Å². The molecule has 1 N–H and O–H groups in total. The monoisotopic (exact) mass is 336 g/mol. The van der Waals surface area contributed by atoms with Crippen LogP contribution in [0, 0.1) is 13.8 Å². The van der Waals surface area contributed by atoms with E-state index >= 15 is 0 Å². The number of carbonyl (C=O) groups is 1. The van der Waals surface area contributed by atoms with Crippen LogP contribution < -0.4 is 10.1 Å². The minimum absolute atomic E-state index is 0.0844. The Morgan fingerprint density at radius 2 is 1.96 bits per heavy atom. The molecule has 0 fully saturated rings. The number of ether oxygens (including phenoxy) is 1. The van der Waals surface area contributed by atoms with Crippen molar-refractivity contribution >= 4 is 11.6 Å². The molecule has 0 saturated carbocycles. The van der Waals surface area contributed by atoms with Gasteiger partial charge in [-0.2, -0.15) is 5.10 Å². The predicted octanol–water partition coefficient (Wildman–Crippen LogP) is 3.29. The summed E-state index contributed by atoms with van der Waals surface area (Å²) in [6.07, 6.45) is 3.39. The summed E-state index contributed by atoms with van der Waals surface area (Å²) >= 11 is 0. The predicted molar refractivity (Wildman–Crippen MR) is 96.0 cm³/mol. The molecule has 0 aliphatic carbocycles. The second-order valence-electron chi connectivity index (χ2n) is 5.73. The van der Waals surface area contributed by atoms with Crippen molar-refractivity contribution in [3.8, 4) is 11.4 Å². The minimum atomic E-state index is -0.0844. The minimum Gasteiger partial charge on any atom is -0.493 e. The Labute approximate surface area is 146 Å². The van der Waals surface area contributed by atoms with Crippen molar-refractivity contribution in [3.63, 3.8) is 0 Å². The number of anilines is 1. The van der Waals surface area contributed by atoms with Gasteiger partial charge < -0.3 is 10.1 Å². The standard InChI is InChI=1S/C19H20N4O2/c1-14-4-3-5-18(15(14)2)25-11-10-19(24)22-16-6-8-17(9-7-16)23-13-20-12-21-23/h3-9,12-13H,10-11H2,1-2H3,(H,22,24). The van der Waals surface area contributed by atoms with Gasteiger partial charge in [0.1, 0.15) is 18.4 Å². The average Bonchev–Trinajstić information content (AvgIpc) is 3.14. The first-order chi connectivity index (χ1) is 12.1. The lowest BCUT2D eigenvalue weighted by Crippen LogP contribution is -2.15. The van der Waals surface area contributed by atoms with Crippen molar-refractivity contribution in [2.45, 2.75) is 20.3 Å². The number of amides is 1. The Kier molecular flexibility index (Phi) is 5.09. The number of aromatic nitrogens is 3. The number of nitrogens with one attached hydrogen (secondary N) is 1. The van der Waals surface area contributed by atoms with Gasteiger partial charge in [-0.05, 0) is 55.3 Å². The van der Waals surface area contributed by atoms with Crippen LogP contribution in [-0.4, -0.2) is 27.3 Å². The first kappa shape index (κ1) is 16.7. The van der Waals surface area contributed by atoms with Crippen LogP contribution >= 0.6 is 0 Å². The Morgan fingerprint density at radius 3 is 2.68 bits per heavy atom. The molecule has 0 aliphatic heterocycles.